The van der Waals surface area contributed by atoms with Crippen molar-refractivity contribution in [1.82, 2.24) is 20.3 Å². The molecule has 0 saturated heterocycles. The summed E-state index contributed by atoms with van der Waals surface area (Å²) in [6.07, 6.45) is 7.44. The fraction of sp³-hybridized carbons (Fsp3) is 0.250. The quantitative estimate of drug-likeness (QED) is 0.204. The van der Waals surface area contributed by atoms with Gasteiger partial charge >= 0.3 is 5.97 Å². The zero-order valence-electron chi connectivity index (χ0n) is 21.9. The molecule has 1 amide bonds. The number of aromatic amines is 1. The van der Waals surface area contributed by atoms with Gasteiger partial charge in [-0.3, -0.25) is 4.79 Å². The molecule has 3 aromatic carbocycles. The highest BCUT2D eigenvalue weighted by atomic mass is 16.4. The number of phenols is 1. The van der Waals surface area contributed by atoms with Crippen LogP contribution in [0.5, 0.6) is 5.75 Å². The van der Waals surface area contributed by atoms with Crippen LogP contribution in [0.15, 0.2) is 72.9 Å². The molecule has 2 heterocycles. The van der Waals surface area contributed by atoms with Crippen LogP contribution in [0, 0.1) is 0 Å². The van der Waals surface area contributed by atoms with Gasteiger partial charge in [-0.1, -0.05) is 49.6 Å². The van der Waals surface area contributed by atoms with Gasteiger partial charge in [-0.25, -0.2) is 14.8 Å². The molecular formula is C32H30N4O4. The molecule has 5 aromatic rings. The minimum absolute atomic E-state index is 0.0597. The summed E-state index contributed by atoms with van der Waals surface area (Å²) < 4.78 is 0. The number of phenolic OH excluding ortho intramolecular Hbond substituents is 1. The number of H-pyrrole nitrogens is 1. The molecule has 0 bridgehead atoms. The molecule has 202 valence electrons. The van der Waals surface area contributed by atoms with Gasteiger partial charge in [0, 0.05) is 40.6 Å². The topological polar surface area (TPSA) is 128 Å². The third-order valence-corrected chi connectivity index (χ3v) is 7.77. The Morgan fingerprint density at radius 1 is 0.950 bits per heavy atom. The molecule has 0 aliphatic heterocycles. The molecule has 0 spiro atoms. The number of hydrogen-bond acceptors (Lipinski definition) is 5. The van der Waals surface area contributed by atoms with E-state index < -0.39 is 17.9 Å². The van der Waals surface area contributed by atoms with Gasteiger partial charge in [0.15, 0.2) is 0 Å². The first-order valence-corrected chi connectivity index (χ1v) is 13.7. The van der Waals surface area contributed by atoms with Crippen LogP contribution in [0.3, 0.4) is 0 Å². The Labute approximate surface area is 231 Å². The number of hydrogen-bond donors (Lipinski definition) is 4. The van der Waals surface area contributed by atoms with Gasteiger partial charge < -0.3 is 20.5 Å². The Hall–Kier alpha value is -4.72. The molecular weight excluding hydrogens is 504 g/mol. The van der Waals surface area contributed by atoms with Gasteiger partial charge in [0.25, 0.3) is 5.91 Å². The maximum atomic E-state index is 13.3. The predicted octanol–water partition coefficient (Wildman–Crippen LogP) is 5.96. The van der Waals surface area contributed by atoms with Crippen molar-refractivity contribution in [3.8, 4) is 17.0 Å². The normalized spacial score (nSPS) is 14.8. The van der Waals surface area contributed by atoms with E-state index in [2.05, 4.69) is 10.3 Å². The van der Waals surface area contributed by atoms with E-state index in [4.69, 9.17) is 9.97 Å². The Morgan fingerprint density at radius 2 is 1.75 bits per heavy atom. The molecule has 1 atom stereocenters. The summed E-state index contributed by atoms with van der Waals surface area (Å²) in [5, 5.41) is 23.1. The number of nitrogens with one attached hydrogen (secondary N) is 2. The Kier molecular flexibility index (Phi) is 6.90. The smallest absolute Gasteiger partial charge is 0.326 e. The van der Waals surface area contributed by atoms with E-state index >= 15 is 0 Å². The second-order valence-corrected chi connectivity index (χ2v) is 10.5. The lowest BCUT2D eigenvalue weighted by Gasteiger charge is -2.23. The van der Waals surface area contributed by atoms with Crippen LogP contribution in [0.4, 0.5) is 0 Å². The van der Waals surface area contributed by atoms with E-state index in [-0.39, 0.29) is 12.2 Å². The van der Waals surface area contributed by atoms with Crippen molar-refractivity contribution in [3.05, 3.63) is 89.7 Å². The number of nitrogens with zero attached hydrogens (tertiary/aromatic N) is 2. The van der Waals surface area contributed by atoms with E-state index in [0.29, 0.717) is 33.5 Å². The maximum Gasteiger partial charge on any atom is 0.326 e. The SMILES string of the molecule is O=C(N[C@H](Cc1c[nH]c2ccc(O)cc12)C(=O)O)c1ccc2nc(-c3ccccc3)c(C3CCCCC3)nc2c1. The fourth-order valence-electron chi connectivity index (χ4n) is 5.68. The molecule has 6 rings (SSSR count). The predicted molar refractivity (Wildman–Crippen MR) is 153 cm³/mol. The number of aliphatic carboxylic acids is 1. The van der Waals surface area contributed by atoms with Crippen LogP contribution in [-0.4, -0.2) is 43.1 Å². The average Bonchev–Trinajstić information content (AvgIpc) is 3.38. The number of aromatic nitrogens is 3. The number of rotatable bonds is 7. The molecule has 0 radical (unpaired) electrons. The number of amides is 1. The number of carboxylic acid groups (broad SMARTS) is 1. The molecule has 2 aromatic heterocycles. The largest absolute Gasteiger partial charge is 0.508 e. The van der Waals surface area contributed by atoms with Crippen molar-refractivity contribution in [3.63, 3.8) is 0 Å². The van der Waals surface area contributed by atoms with E-state index in [0.717, 1.165) is 48.2 Å². The third kappa shape index (κ3) is 5.12. The van der Waals surface area contributed by atoms with Crippen LogP contribution in [0.25, 0.3) is 33.2 Å². The zero-order chi connectivity index (χ0) is 27.6. The fourth-order valence-corrected chi connectivity index (χ4v) is 5.68. The van der Waals surface area contributed by atoms with Gasteiger partial charge in [-0.2, -0.15) is 0 Å². The first-order valence-electron chi connectivity index (χ1n) is 13.7. The van der Waals surface area contributed by atoms with Crippen molar-refractivity contribution in [2.24, 2.45) is 0 Å². The molecule has 1 aliphatic rings. The zero-order valence-corrected chi connectivity index (χ0v) is 21.9. The third-order valence-electron chi connectivity index (χ3n) is 7.77. The lowest BCUT2D eigenvalue weighted by Crippen LogP contribution is -2.42. The van der Waals surface area contributed by atoms with Crippen LogP contribution in [0.2, 0.25) is 0 Å². The second-order valence-electron chi connectivity index (χ2n) is 10.5. The molecule has 1 saturated carbocycles. The lowest BCUT2D eigenvalue weighted by molar-refractivity contribution is -0.139. The van der Waals surface area contributed by atoms with E-state index in [1.807, 2.05) is 30.3 Å². The second kappa shape index (κ2) is 10.8. The molecule has 1 fully saturated rings. The van der Waals surface area contributed by atoms with Crippen molar-refractivity contribution in [1.29, 1.82) is 0 Å². The summed E-state index contributed by atoms with van der Waals surface area (Å²) >= 11 is 0. The molecule has 1 aliphatic carbocycles. The summed E-state index contributed by atoms with van der Waals surface area (Å²) in [6.45, 7) is 0. The highest BCUT2D eigenvalue weighted by Crippen LogP contribution is 2.37. The maximum absolute atomic E-state index is 13.3. The number of benzene rings is 3. The van der Waals surface area contributed by atoms with E-state index in [9.17, 15) is 19.8 Å². The van der Waals surface area contributed by atoms with Gasteiger partial charge in [-0.05, 0) is 54.8 Å². The number of aromatic hydroxyl groups is 1. The van der Waals surface area contributed by atoms with E-state index in [1.165, 1.54) is 6.42 Å². The molecule has 8 heteroatoms. The first kappa shape index (κ1) is 25.6. The summed E-state index contributed by atoms with van der Waals surface area (Å²) in [6, 6.07) is 18.9. The number of carboxylic acids is 1. The number of carbonyl (C=O) groups is 2. The van der Waals surface area contributed by atoms with Gasteiger partial charge in [0.05, 0.1) is 22.4 Å². The number of fused-ring (bicyclic) bond motifs is 2. The van der Waals surface area contributed by atoms with Gasteiger partial charge in [0.2, 0.25) is 0 Å². The van der Waals surface area contributed by atoms with Crippen LogP contribution in [0.1, 0.15) is 59.6 Å². The lowest BCUT2D eigenvalue weighted by atomic mass is 9.85. The molecule has 4 N–H and O–H groups in total. The van der Waals surface area contributed by atoms with Crippen molar-refractivity contribution in [2.75, 3.05) is 0 Å². The Bertz CT molecular complexity index is 1710. The average molecular weight is 535 g/mol. The molecule has 0 unspecified atom stereocenters. The van der Waals surface area contributed by atoms with Crippen LogP contribution >= 0.6 is 0 Å². The van der Waals surface area contributed by atoms with Gasteiger partial charge in [-0.15, -0.1) is 0 Å². The standard InChI is InChI=1S/C32H30N4O4/c37-23-12-14-25-24(17-23)22(18-33-25)16-28(32(39)40)36-31(38)21-11-13-26-27(15-21)35-30(20-9-5-2-6-10-20)29(34-26)19-7-3-1-4-8-19/h1,3-4,7-8,11-15,17-18,20,28,33,37H,2,5-6,9-10,16H2,(H,36,38)(H,39,40)/t28-/m1/s1. The summed E-state index contributed by atoms with van der Waals surface area (Å²) in [4.78, 5) is 38.5. The number of carbonyl (C=O) groups excluding carboxylic acids is 1. The Balaban J connectivity index is 1.30. The van der Waals surface area contributed by atoms with Crippen molar-refractivity contribution < 1.29 is 19.8 Å². The molecule has 40 heavy (non-hydrogen) atoms. The highest BCUT2D eigenvalue weighted by Gasteiger charge is 2.25. The van der Waals surface area contributed by atoms with Crippen molar-refractivity contribution in [2.45, 2.75) is 50.5 Å². The van der Waals surface area contributed by atoms with Crippen molar-refractivity contribution >= 4 is 33.8 Å². The Morgan fingerprint density at radius 3 is 2.52 bits per heavy atom. The molecule has 8 nitrogen and oxygen atoms in total. The summed E-state index contributed by atoms with van der Waals surface area (Å²) in [5.41, 5.74) is 5.96. The first-order chi connectivity index (χ1) is 19.5. The van der Waals surface area contributed by atoms with Gasteiger partial charge in [0.1, 0.15) is 11.8 Å². The monoisotopic (exact) mass is 534 g/mol. The minimum Gasteiger partial charge on any atom is -0.508 e. The van der Waals surface area contributed by atoms with E-state index in [1.54, 1.807) is 42.6 Å². The summed E-state index contributed by atoms with van der Waals surface area (Å²) in [5.74, 6) is -1.24. The highest BCUT2D eigenvalue weighted by molar-refractivity contribution is 5.99. The minimum atomic E-state index is -1.16. The van der Waals surface area contributed by atoms with Crippen LogP contribution in [-0.2, 0) is 11.2 Å². The van der Waals surface area contributed by atoms with Crippen LogP contribution < -0.4 is 5.32 Å². The summed E-state index contributed by atoms with van der Waals surface area (Å²) in [7, 11) is 0.